The van der Waals surface area contributed by atoms with E-state index in [-0.39, 0.29) is 11.9 Å². The molecule has 0 bridgehead atoms. The van der Waals surface area contributed by atoms with Gasteiger partial charge in [-0.1, -0.05) is 0 Å². The molecule has 1 saturated heterocycles. The number of nitrogens with two attached hydrogens (primary N) is 1. The fourth-order valence-corrected chi connectivity index (χ4v) is 2.35. The molecule has 0 aliphatic carbocycles. The average Bonchev–Trinajstić information content (AvgIpc) is 2.35. The Labute approximate surface area is 116 Å². The highest BCUT2D eigenvalue weighted by atomic mass is 79.9. The first-order chi connectivity index (χ1) is 8.56. The van der Waals surface area contributed by atoms with Gasteiger partial charge >= 0.3 is 0 Å². The fourth-order valence-electron chi connectivity index (χ4n) is 2.11. The molecule has 1 aliphatic rings. The third-order valence-corrected chi connectivity index (χ3v) is 4.03. The molecule has 0 radical (unpaired) electrons. The number of nitrogens with one attached hydrogen (secondary N) is 1. The molecular weight excluding hydrogens is 294 g/mol. The second kappa shape index (κ2) is 5.71. The molecule has 3 N–H and O–H groups in total. The van der Waals surface area contributed by atoms with Crippen LogP contribution < -0.4 is 11.1 Å². The van der Waals surface area contributed by atoms with Crippen molar-refractivity contribution in [2.75, 3.05) is 25.9 Å². The summed E-state index contributed by atoms with van der Waals surface area (Å²) in [5, 5.41) is 3.07. The maximum atomic E-state index is 12.1. The molecule has 2 rings (SSSR count). The largest absolute Gasteiger partial charge is 0.398 e. The highest BCUT2D eigenvalue weighted by Gasteiger charge is 2.19. The summed E-state index contributed by atoms with van der Waals surface area (Å²) in [6.07, 6.45) is 2.02. The zero-order chi connectivity index (χ0) is 13.1. The van der Waals surface area contributed by atoms with Crippen molar-refractivity contribution >= 4 is 27.5 Å². The molecule has 1 aliphatic heterocycles. The van der Waals surface area contributed by atoms with Crippen LogP contribution >= 0.6 is 15.9 Å². The van der Waals surface area contributed by atoms with Crippen LogP contribution in [0, 0.1) is 0 Å². The smallest absolute Gasteiger partial charge is 0.251 e. The van der Waals surface area contributed by atoms with E-state index in [1.54, 1.807) is 18.2 Å². The van der Waals surface area contributed by atoms with Crippen molar-refractivity contribution in [1.29, 1.82) is 0 Å². The molecular formula is C13H18BrN3O. The summed E-state index contributed by atoms with van der Waals surface area (Å²) in [5.41, 5.74) is 6.99. The summed E-state index contributed by atoms with van der Waals surface area (Å²) in [6, 6.07) is 5.57. The molecule has 5 heteroatoms. The zero-order valence-electron chi connectivity index (χ0n) is 10.4. The van der Waals surface area contributed by atoms with Crippen molar-refractivity contribution in [2.45, 2.75) is 18.9 Å². The molecule has 1 heterocycles. The van der Waals surface area contributed by atoms with Crippen molar-refractivity contribution in [1.82, 2.24) is 10.2 Å². The number of carbonyl (C=O) groups excluding carboxylic acids is 1. The maximum absolute atomic E-state index is 12.1. The van der Waals surface area contributed by atoms with Crippen molar-refractivity contribution < 1.29 is 4.79 Å². The van der Waals surface area contributed by atoms with E-state index in [9.17, 15) is 4.79 Å². The molecule has 0 spiro atoms. The van der Waals surface area contributed by atoms with E-state index < -0.39 is 0 Å². The number of rotatable bonds is 2. The van der Waals surface area contributed by atoms with E-state index in [0.29, 0.717) is 11.3 Å². The molecule has 0 aromatic heterocycles. The van der Waals surface area contributed by atoms with Gasteiger partial charge in [-0.2, -0.15) is 0 Å². The molecule has 0 atom stereocenters. The summed E-state index contributed by atoms with van der Waals surface area (Å²) >= 11 is 3.32. The van der Waals surface area contributed by atoms with E-state index in [4.69, 9.17) is 5.73 Å². The number of nitrogens with zero attached hydrogens (tertiary/aromatic N) is 1. The van der Waals surface area contributed by atoms with Gasteiger partial charge in [-0.3, -0.25) is 4.79 Å². The van der Waals surface area contributed by atoms with Gasteiger partial charge in [-0.15, -0.1) is 0 Å². The number of hydrogen-bond acceptors (Lipinski definition) is 3. The predicted molar refractivity (Wildman–Crippen MR) is 76.5 cm³/mol. The summed E-state index contributed by atoms with van der Waals surface area (Å²) in [7, 11) is 2.10. The third-order valence-electron chi connectivity index (χ3n) is 3.31. The molecule has 1 amide bonds. The summed E-state index contributed by atoms with van der Waals surface area (Å²) in [5.74, 6) is -0.0382. The Morgan fingerprint density at radius 3 is 2.72 bits per heavy atom. The van der Waals surface area contributed by atoms with Gasteiger partial charge in [0.2, 0.25) is 0 Å². The van der Waals surface area contributed by atoms with E-state index in [0.717, 1.165) is 30.4 Å². The number of amides is 1. The van der Waals surface area contributed by atoms with Crippen LogP contribution in [0.2, 0.25) is 0 Å². The Morgan fingerprint density at radius 2 is 2.11 bits per heavy atom. The molecule has 18 heavy (non-hydrogen) atoms. The van der Waals surface area contributed by atoms with Crippen LogP contribution in [0.4, 0.5) is 5.69 Å². The standard InChI is InChI=1S/C13H18BrN3O/c1-17-6-4-10(5-7-17)16-13(18)9-2-3-11(14)12(15)8-9/h2-3,8,10H,4-7,15H2,1H3,(H,16,18). The second-order valence-corrected chi connectivity index (χ2v) is 5.64. The predicted octanol–water partition coefficient (Wildman–Crippen LogP) is 1.86. The number of benzene rings is 1. The summed E-state index contributed by atoms with van der Waals surface area (Å²) in [6.45, 7) is 2.07. The van der Waals surface area contributed by atoms with E-state index in [1.807, 2.05) is 0 Å². The van der Waals surface area contributed by atoms with Gasteiger partial charge in [0.1, 0.15) is 0 Å². The number of anilines is 1. The van der Waals surface area contributed by atoms with Crippen LogP contribution in [0.25, 0.3) is 0 Å². The van der Waals surface area contributed by atoms with Crippen LogP contribution in [0.15, 0.2) is 22.7 Å². The molecule has 0 unspecified atom stereocenters. The monoisotopic (exact) mass is 311 g/mol. The van der Waals surface area contributed by atoms with Gasteiger partial charge in [-0.05, 0) is 67.1 Å². The lowest BCUT2D eigenvalue weighted by Crippen LogP contribution is -2.43. The van der Waals surface area contributed by atoms with Crippen LogP contribution in [-0.2, 0) is 0 Å². The maximum Gasteiger partial charge on any atom is 0.251 e. The zero-order valence-corrected chi connectivity index (χ0v) is 12.0. The van der Waals surface area contributed by atoms with E-state index >= 15 is 0 Å². The van der Waals surface area contributed by atoms with Crippen LogP contribution in [0.5, 0.6) is 0 Å². The molecule has 1 aromatic carbocycles. The Hall–Kier alpha value is -1.07. The molecule has 4 nitrogen and oxygen atoms in total. The second-order valence-electron chi connectivity index (χ2n) is 4.79. The molecule has 1 aromatic rings. The minimum Gasteiger partial charge on any atom is -0.398 e. The first-order valence-corrected chi connectivity index (χ1v) is 6.90. The molecule has 1 fully saturated rings. The first kappa shape index (κ1) is 13.4. The van der Waals surface area contributed by atoms with E-state index in [2.05, 4.69) is 33.2 Å². The van der Waals surface area contributed by atoms with Gasteiger partial charge in [0.25, 0.3) is 5.91 Å². The van der Waals surface area contributed by atoms with Crippen LogP contribution in [0.1, 0.15) is 23.2 Å². The Bertz CT molecular complexity index is 442. The number of carbonyl (C=O) groups is 1. The highest BCUT2D eigenvalue weighted by molar-refractivity contribution is 9.10. The van der Waals surface area contributed by atoms with Gasteiger partial charge in [0.15, 0.2) is 0 Å². The normalized spacial score (nSPS) is 17.7. The van der Waals surface area contributed by atoms with Gasteiger partial charge in [0, 0.05) is 21.8 Å². The number of likely N-dealkylation sites (tertiary alicyclic amines) is 1. The van der Waals surface area contributed by atoms with Crippen molar-refractivity contribution in [3.63, 3.8) is 0 Å². The highest BCUT2D eigenvalue weighted by Crippen LogP contribution is 2.20. The summed E-state index contributed by atoms with van der Waals surface area (Å²) in [4.78, 5) is 14.3. The SMILES string of the molecule is CN1CCC(NC(=O)c2ccc(Br)c(N)c2)CC1. The number of piperidine rings is 1. The minimum absolute atomic E-state index is 0.0382. The topological polar surface area (TPSA) is 58.4 Å². The van der Waals surface area contributed by atoms with Crippen molar-refractivity contribution in [3.8, 4) is 0 Å². The van der Waals surface area contributed by atoms with Gasteiger partial charge < -0.3 is 16.0 Å². The van der Waals surface area contributed by atoms with Gasteiger partial charge in [-0.25, -0.2) is 0 Å². The van der Waals surface area contributed by atoms with Crippen molar-refractivity contribution in [2.24, 2.45) is 0 Å². The average molecular weight is 312 g/mol. The first-order valence-electron chi connectivity index (χ1n) is 6.10. The minimum atomic E-state index is -0.0382. The van der Waals surface area contributed by atoms with Gasteiger partial charge in [0.05, 0.1) is 0 Å². The Kier molecular flexibility index (Phi) is 4.24. The lowest BCUT2D eigenvalue weighted by Gasteiger charge is -2.29. The third kappa shape index (κ3) is 3.23. The molecule has 0 saturated carbocycles. The number of halogens is 1. The number of hydrogen-bond donors (Lipinski definition) is 2. The van der Waals surface area contributed by atoms with E-state index in [1.165, 1.54) is 0 Å². The van der Waals surface area contributed by atoms with Crippen LogP contribution in [0.3, 0.4) is 0 Å². The van der Waals surface area contributed by atoms with Crippen LogP contribution in [-0.4, -0.2) is 37.0 Å². The Morgan fingerprint density at radius 1 is 1.44 bits per heavy atom. The lowest BCUT2D eigenvalue weighted by molar-refractivity contribution is 0.0917. The lowest BCUT2D eigenvalue weighted by atomic mass is 10.0. The fraction of sp³-hybridized carbons (Fsp3) is 0.462. The van der Waals surface area contributed by atoms with Crippen molar-refractivity contribution in [3.05, 3.63) is 28.2 Å². The quantitative estimate of drug-likeness (QED) is 0.820. The Balaban J connectivity index is 1.97. The summed E-state index contributed by atoms with van der Waals surface area (Å²) < 4.78 is 0.818. The number of nitrogen functional groups attached to an aromatic ring is 1. The molecule has 98 valence electrons.